The number of aromatic amines is 2. The summed E-state index contributed by atoms with van der Waals surface area (Å²) in [6, 6.07) is -1.54. The van der Waals surface area contributed by atoms with Crippen LogP contribution in [0.3, 0.4) is 0 Å². The molecule has 0 aliphatic carbocycles. The Morgan fingerprint density at radius 3 is 2.38 bits per heavy atom. The van der Waals surface area contributed by atoms with Crippen LogP contribution < -0.4 is 43.4 Å². The second-order valence-corrected chi connectivity index (χ2v) is 13.3. The summed E-state index contributed by atoms with van der Waals surface area (Å²) in [5.74, 6) is -7.54. The smallest absolute Gasteiger partial charge is 0.328 e. The summed E-state index contributed by atoms with van der Waals surface area (Å²) < 4.78 is 0. The Kier molecular flexibility index (Phi) is 15.4. The number of aliphatic hydroxyl groups is 1. The number of amides is 7. The number of primary amides is 1. The summed E-state index contributed by atoms with van der Waals surface area (Å²) >= 11 is 0. The first-order valence-corrected chi connectivity index (χ1v) is 17.9. The lowest BCUT2D eigenvalue weighted by molar-refractivity contribution is -0.143. The van der Waals surface area contributed by atoms with Gasteiger partial charge in [-0.2, -0.15) is 0 Å². The SMILES string of the molecule is NC(=O)C[C@@H]1NC(=O)[C@@H](NC(=O)[C@@H](N)Cc2cnc[nH]2)CCC(=O)NCCCC[C@@H](C(=O)N[C@@H](CO)C(=O)O)NC(=O)[C@H](Cc2c[nH]c3ccccc23)NC1=O. The number of carboxylic acids is 1. The van der Waals surface area contributed by atoms with Gasteiger partial charge in [-0.25, -0.2) is 9.78 Å². The summed E-state index contributed by atoms with van der Waals surface area (Å²) in [6.45, 7) is -0.809. The van der Waals surface area contributed by atoms with Crippen molar-refractivity contribution in [3.05, 3.63) is 54.2 Å². The first-order valence-electron chi connectivity index (χ1n) is 17.9. The van der Waals surface area contributed by atoms with Gasteiger partial charge in [-0.1, -0.05) is 18.2 Å². The molecule has 1 saturated heterocycles. The number of nitrogens with one attached hydrogen (secondary N) is 8. The van der Waals surface area contributed by atoms with Gasteiger partial charge in [0.15, 0.2) is 0 Å². The lowest BCUT2D eigenvalue weighted by Crippen LogP contribution is -2.60. The number of benzene rings is 1. The first kappa shape index (κ1) is 42.4. The van der Waals surface area contributed by atoms with E-state index in [0.717, 1.165) is 5.52 Å². The number of H-pyrrole nitrogens is 2. The van der Waals surface area contributed by atoms with Gasteiger partial charge in [0.2, 0.25) is 41.4 Å². The molecule has 21 heteroatoms. The Balaban J connectivity index is 1.65. The maximum Gasteiger partial charge on any atom is 0.328 e. The number of carboxylic acid groups (broad SMARTS) is 1. The second-order valence-electron chi connectivity index (χ2n) is 13.3. The van der Waals surface area contributed by atoms with Gasteiger partial charge in [-0.3, -0.25) is 33.6 Å². The van der Waals surface area contributed by atoms with E-state index in [0.29, 0.717) is 23.1 Å². The lowest BCUT2D eigenvalue weighted by atomic mass is 10.0. The molecule has 0 radical (unpaired) electrons. The highest BCUT2D eigenvalue weighted by Gasteiger charge is 2.34. The van der Waals surface area contributed by atoms with E-state index < -0.39 is 96.6 Å². The number of rotatable bonds is 12. The number of carbonyl (C=O) groups excluding carboxylic acids is 7. The van der Waals surface area contributed by atoms with Crippen LogP contribution in [-0.4, -0.2) is 122 Å². The fourth-order valence-electron chi connectivity index (χ4n) is 6.02. The average Bonchev–Trinajstić information content (AvgIpc) is 3.83. The number of aliphatic hydroxyl groups excluding tert-OH is 1. The van der Waals surface area contributed by atoms with E-state index in [4.69, 9.17) is 11.5 Å². The molecular formula is C35H47N11O10. The minimum Gasteiger partial charge on any atom is -0.480 e. The highest BCUT2D eigenvalue weighted by Crippen LogP contribution is 2.20. The Morgan fingerprint density at radius 2 is 1.68 bits per heavy atom. The van der Waals surface area contributed by atoms with E-state index in [2.05, 4.69) is 46.9 Å². The molecule has 21 nitrogen and oxygen atoms in total. The predicted molar refractivity (Wildman–Crippen MR) is 197 cm³/mol. The van der Waals surface area contributed by atoms with Crippen molar-refractivity contribution in [2.24, 2.45) is 11.5 Å². The number of hydrogen-bond donors (Lipinski definition) is 12. The molecule has 14 N–H and O–H groups in total. The van der Waals surface area contributed by atoms with Gasteiger partial charge in [-0.15, -0.1) is 0 Å². The summed E-state index contributed by atoms with van der Waals surface area (Å²) in [5, 5.41) is 34.5. The molecule has 56 heavy (non-hydrogen) atoms. The van der Waals surface area contributed by atoms with Gasteiger partial charge in [0.25, 0.3) is 0 Å². The summed E-state index contributed by atoms with van der Waals surface area (Å²) in [7, 11) is 0. The summed E-state index contributed by atoms with van der Waals surface area (Å²) in [6.07, 6.45) is 3.67. The number of fused-ring (bicyclic) bond motifs is 1. The van der Waals surface area contributed by atoms with Crippen molar-refractivity contribution in [3.8, 4) is 0 Å². The third-order valence-electron chi connectivity index (χ3n) is 9.07. The largest absolute Gasteiger partial charge is 0.480 e. The van der Waals surface area contributed by atoms with Gasteiger partial charge in [0.05, 0.1) is 25.4 Å². The topological polar surface area (TPSA) is 346 Å². The molecule has 3 heterocycles. The van der Waals surface area contributed by atoms with Crippen molar-refractivity contribution in [2.45, 2.75) is 87.6 Å². The molecule has 7 amide bonds. The molecule has 4 rings (SSSR count). The molecule has 6 atom stereocenters. The van der Waals surface area contributed by atoms with Crippen molar-refractivity contribution in [3.63, 3.8) is 0 Å². The van der Waals surface area contributed by atoms with Crippen LogP contribution in [0.15, 0.2) is 43.0 Å². The van der Waals surface area contributed by atoms with Crippen LogP contribution in [0.1, 0.15) is 49.8 Å². The highest BCUT2D eigenvalue weighted by atomic mass is 16.4. The third-order valence-corrected chi connectivity index (χ3v) is 9.07. The molecule has 0 saturated carbocycles. The number of aliphatic carboxylic acids is 1. The molecular weight excluding hydrogens is 734 g/mol. The normalized spacial score (nSPS) is 21.5. The van der Waals surface area contributed by atoms with Crippen molar-refractivity contribution in [1.82, 2.24) is 46.9 Å². The van der Waals surface area contributed by atoms with Crippen molar-refractivity contribution in [1.29, 1.82) is 0 Å². The van der Waals surface area contributed by atoms with Gasteiger partial charge >= 0.3 is 5.97 Å². The van der Waals surface area contributed by atoms with Crippen LogP contribution >= 0.6 is 0 Å². The van der Waals surface area contributed by atoms with Crippen molar-refractivity contribution >= 4 is 58.2 Å². The number of nitrogens with two attached hydrogens (primary N) is 2. The predicted octanol–water partition coefficient (Wildman–Crippen LogP) is -3.54. The highest BCUT2D eigenvalue weighted by molar-refractivity contribution is 5.98. The monoisotopic (exact) mass is 781 g/mol. The second kappa shape index (κ2) is 20.4. The molecule has 2 aromatic heterocycles. The van der Waals surface area contributed by atoms with Crippen LogP contribution in [0, 0.1) is 0 Å². The first-order chi connectivity index (χ1) is 26.7. The minimum atomic E-state index is -1.68. The van der Waals surface area contributed by atoms with Crippen LogP contribution in [0.4, 0.5) is 0 Å². The molecule has 0 unspecified atom stereocenters. The maximum absolute atomic E-state index is 14.0. The van der Waals surface area contributed by atoms with Crippen molar-refractivity contribution < 1.29 is 48.6 Å². The zero-order valence-electron chi connectivity index (χ0n) is 30.3. The Hall–Kier alpha value is -6.35. The van der Waals surface area contributed by atoms with E-state index in [1.807, 2.05) is 0 Å². The molecule has 302 valence electrons. The van der Waals surface area contributed by atoms with Crippen LogP contribution in [0.5, 0.6) is 0 Å². The van der Waals surface area contributed by atoms with Gasteiger partial charge in [-0.05, 0) is 37.3 Å². The Bertz CT molecular complexity index is 1880. The molecule has 1 fully saturated rings. The minimum absolute atomic E-state index is 0.0355. The molecule has 1 aliphatic rings. The number of aromatic nitrogens is 3. The molecule has 1 aromatic carbocycles. The fraction of sp³-hybridized carbons (Fsp3) is 0.457. The lowest BCUT2D eigenvalue weighted by Gasteiger charge is -2.27. The Labute approximate surface area is 319 Å². The van der Waals surface area contributed by atoms with Gasteiger partial charge < -0.3 is 63.5 Å². The molecule has 1 aliphatic heterocycles. The Morgan fingerprint density at radius 1 is 0.946 bits per heavy atom. The van der Waals surface area contributed by atoms with Crippen molar-refractivity contribution in [2.75, 3.05) is 13.2 Å². The summed E-state index contributed by atoms with van der Waals surface area (Å²) in [4.78, 5) is 114. The molecule has 0 bridgehead atoms. The quantitative estimate of drug-likeness (QED) is 0.0851. The average molecular weight is 782 g/mol. The van der Waals surface area contributed by atoms with Gasteiger partial charge in [0, 0.05) is 54.8 Å². The standard InChI is InChI=1S/C35H47N11O10/c36-21(12-19-15-38-17-41-19)30(50)42-24-8-9-29(49)39-10-4-3-7-23(31(51)46-27(16-47)35(55)56)43-33(53)25(11-18-14-40-22-6-2-1-5-20(18)22)44-34(54)26(13-28(37)48)45-32(24)52/h1-2,5-6,14-15,17,21,23-27,40,47H,3-4,7-13,16,36H2,(H2,37,48)(H,38,41)(H,39,49)(H,42,50)(H,43,53)(H,44,54)(H,45,52)(H,46,51)(H,55,56)/t21-,23-,24-,25-,26-,27-/m0/s1. The number of para-hydroxylation sites is 1. The number of imidazole rings is 1. The maximum atomic E-state index is 14.0. The number of nitrogens with zero attached hydrogens (tertiary/aromatic N) is 1. The van der Waals surface area contributed by atoms with E-state index in [1.54, 1.807) is 30.5 Å². The van der Waals surface area contributed by atoms with Crippen LogP contribution in [0.25, 0.3) is 10.9 Å². The van der Waals surface area contributed by atoms with Gasteiger partial charge in [0.1, 0.15) is 30.2 Å². The van der Waals surface area contributed by atoms with E-state index in [1.165, 1.54) is 12.5 Å². The fourth-order valence-corrected chi connectivity index (χ4v) is 6.02. The molecule has 0 spiro atoms. The molecule has 3 aromatic rings. The third kappa shape index (κ3) is 12.3. The number of hydrogen-bond acceptors (Lipinski definition) is 11. The zero-order chi connectivity index (χ0) is 40.8. The van der Waals surface area contributed by atoms with E-state index in [-0.39, 0.29) is 45.1 Å². The van der Waals surface area contributed by atoms with E-state index >= 15 is 0 Å². The number of carbonyl (C=O) groups is 8. The summed E-state index contributed by atoms with van der Waals surface area (Å²) in [5.41, 5.74) is 13.4. The van der Waals surface area contributed by atoms with Crippen LogP contribution in [0.2, 0.25) is 0 Å². The van der Waals surface area contributed by atoms with Crippen LogP contribution in [-0.2, 0) is 51.2 Å². The zero-order valence-corrected chi connectivity index (χ0v) is 30.3. The van der Waals surface area contributed by atoms with E-state index in [9.17, 15) is 48.6 Å².